The van der Waals surface area contributed by atoms with E-state index in [9.17, 15) is 4.79 Å². The van der Waals surface area contributed by atoms with Crippen molar-refractivity contribution < 1.29 is 4.79 Å². The summed E-state index contributed by atoms with van der Waals surface area (Å²) in [5.74, 6) is 0.410. The van der Waals surface area contributed by atoms with E-state index in [4.69, 9.17) is 0 Å². The number of aromatic amines is 1. The van der Waals surface area contributed by atoms with Crippen molar-refractivity contribution in [2.75, 3.05) is 0 Å². The minimum absolute atomic E-state index is 0.0289. The minimum atomic E-state index is -0.0384. The minimum Gasteiger partial charge on any atom is -0.334 e. The fourth-order valence-electron chi connectivity index (χ4n) is 1.25. The van der Waals surface area contributed by atoms with Crippen molar-refractivity contribution in [1.29, 1.82) is 0 Å². The molecular weight excluding hydrogens is 178 g/mol. The quantitative estimate of drug-likeness (QED) is 0.733. The molecule has 0 bridgehead atoms. The first-order chi connectivity index (χ1) is 6.68. The standard InChI is InChI=1S/C10H11N3O/c1-6(2)9(14)10-12-7-3-4-11-5-8(7)13-10/h3-6H,1-2H3,(H,12,13). The molecule has 0 spiro atoms. The maximum Gasteiger partial charge on any atom is 0.200 e. The van der Waals surface area contributed by atoms with Crippen molar-refractivity contribution in [2.24, 2.45) is 5.92 Å². The van der Waals surface area contributed by atoms with Gasteiger partial charge >= 0.3 is 0 Å². The van der Waals surface area contributed by atoms with E-state index in [0.717, 1.165) is 11.0 Å². The van der Waals surface area contributed by atoms with Gasteiger partial charge in [0, 0.05) is 12.1 Å². The predicted octanol–water partition coefficient (Wildman–Crippen LogP) is 1.80. The zero-order chi connectivity index (χ0) is 10.1. The molecule has 0 aliphatic heterocycles. The van der Waals surface area contributed by atoms with Crippen LogP contribution in [-0.2, 0) is 0 Å². The van der Waals surface area contributed by atoms with Gasteiger partial charge in [0.15, 0.2) is 5.82 Å². The van der Waals surface area contributed by atoms with E-state index < -0.39 is 0 Å². The third-order valence-corrected chi connectivity index (χ3v) is 2.04. The van der Waals surface area contributed by atoms with Crippen molar-refractivity contribution in [1.82, 2.24) is 15.0 Å². The first-order valence-corrected chi connectivity index (χ1v) is 4.52. The van der Waals surface area contributed by atoms with Crippen molar-refractivity contribution in [3.63, 3.8) is 0 Å². The van der Waals surface area contributed by atoms with E-state index in [2.05, 4.69) is 15.0 Å². The second-order valence-corrected chi connectivity index (χ2v) is 3.50. The number of carbonyl (C=O) groups excluding carboxylic acids is 1. The van der Waals surface area contributed by atoms with Gasteiger partial charge in [0.05, 0.1) is 17.2 Å². The first kappa shape index (κ1) is 8.87. The third kappa shape index (κ3) is 1.39. The van der Waals surface area contributed by atoms with Crippen LogP contribution in [0.2, 0.25) is 0 Å². The van der Waals surface area contributed by atoms with E-state index in [1.807, 2.05) is 13.8 Å². The van der Waals surface area contributed by atoms with Gasteiger partial charge in [-0.15, -0.1) is 0 Å². The molecule has 0 aromatic carbocycles. The van der Waals surface area contributed by atoms with Crippen molar-refractivity contribution in [3.05, 3.63) is 24.3 Å². The molecule has 0 radical (unpaired) electrons. The summed E-state index contributed by atoms with van der Waals surface area (Å²) in [5, 5.41) is 0. The van der Waals surface area contributed by atoms with E-state index in [1.54, 1.807) is 18.5 Å². The van der Waals surface area contributed by atoms with Crippen LogP contribution in [0.4, 0.5) is 0 Å². The highest BCUT2D eigenvalue weighted by Gasteiger charge is 2.14. The zero-order valence-corrected chi connectivity index (χ0v) is 8.11. The number of carbonyl (C=O) groups is 1. The van der Waals surface area contributed by atoms with Gasteiger partial charge in [-0.1, -0.05) is 13.8 Å². The Hall–Kier alpha value is -1.71. The van der Waals surface area contributed by atoms with E-state index in [1.165, 1.54) is 0 Å². The summed E-state index contributed by atoms with van der Waals surface area (Å²) in [6.45, 7) is 3.71. The highest BCUT2D eigenvalue weighted by Crippen LogP contribution is 2.11. The highest BCUT2D eigenvalue weighted by molar-refractivity contribution is 5.96. The van der Waals surface area contributed by atoms with Crippen molar-refractivity contribution in [2.45, 2.75) is 13.8 Å². The van der Waals surface area contributed by atoms with Crippen LogP contribution in [0.25, 0.3) is 11.0 Å². The van der Waals surface area contributed by atoms with Gasteiger partial charge in [-0.3, -0.25) is 9.78 Å². The molecule has 0 unspecified atom stereocenters. The topological polar surface area (TPSA) is 58.6 Å². The number of pyridine rings is 1. The fourth-order valence-corrected chi connectivity index (χ4v) is 1.25. The summed E-state index contributed by atoms with van der Waals surface area (Å²) in [5.41, 5.74) is 1.58. The molecule has 4 heteroatoms. The van der Waals surface area contributed by atoms with Crippen LogP contribution in [0, 0.1) is 5.92 Å². The second kappa shape index (κ2) is 3.21. The molecule has 0 aliphatic carbocycles. The molecule has 1 N–H and O–H groups in total. The van der Waals surface area contributed by atoms with Gasteiger partial charge in [-0.2, -0.15) is 0 Å². The van der Waals surface area contributed by atoms with Gasteiger partial charge in [-0.25, -0.2) is 4.98 Å². The molecule has 0 amide bonds. The molecule has 14 heavy (non-hydrogen) atoms. The third-order valence-electron chi connectivity index (χ3n) is 2.04. The number of imidazole rings is 1. The Morgan fingerprint density at radius 1 is 1.50 bits per heavy atom. The van der Waals surface area contributed by atoms with Crippen molar-refractivity contribution >= 4 is 16.8 Å². The van der Waals surface area contributed by atoms with E-state index in [0.29, 0.717) is 5.82 Å². The molecule has 0 fully saturated rings. The lowest BCUT2D eigenvalue weighted by molar-refractivity contribution is 0.0930. The number of ketones is 1. The van der Waals surface area contributed by atoms with Gasteiger partial charge in [0.1, 0.15) is 0 Å². The summed E-state index contributed by atoms with van der Waals surface area (Å²) in [6, 6.07) is 1.78. The molecule has 72 valence electrons. The molecule has 2 aromatic rings. The van der Waals surface area contributed by atoms with Crippen LogP contribution in [0.5, 0.6) is 0 Å². The predicted molar refractivity (Wildman–Crippen MR) is 53.1 cm³/mol. The number of H-pyrrole nitrogens is 1. The van der Waals surface area contributed by atoms with E-state index in [-0.39, 0.29) is 11.7 Å². The number of aromatic nitrogens is 3. The number of hydrogen-bond acceptors (Lipinski definition) is 3. The zero-order valence-electron chi connectivity index (χ0n) is 8.11. The van der Waals surface area contributed by atoms with Crippen LogP contribution in [0.1, 0.15) is 24.5 Å². The summed E-state index contributed by atoms with van der Waals surface area (Å²) in [7, 11) is 0. The Morgan fingerprint density at radius 2 is 2.29 bits per heavy atom. The Morgan fingerprint density at radius 3 is 2.93 bits per heavy atom. The highest BCUT2D eigenvalue weighted by atomic mass is 16.1. The normalized spacial score (nSPS) is 11.1. The Balaban J connectivity index is 2.50. The number of nitrogens with one attached hydrogen (secondary N) is 1. The van der Waals surface area contributed by atoms with E-state index >= 15 is 0 Å². The number of Topliss-reactive ketones (excluding diaryl/α,β-unsaturated/α-hetero) is 1. The molecule has 0 saturated heterocycles. The summed E-state index contributed by atoms with van der Waals surface area (Å²) in [4.78, 5) is 22.7. The molecule has 0 atom stereocenters. The van der Waals surface area contributed by atoms with Crippen LogP contribution >= 0.6 is 0 Å². The largest absolute Gasteiger partial charge is 0.334 e. The molecule has 0 aliphatic rings. The average molecular weight is 189 g/mol. The first-order valence-electron chi connectivity index (χ1n) is 4.52. The number of rotatable bonds is 2. The van der Waals surface area contributed by atoms with Crippen molar-refractivity contribution in [3.8, 4) is 0 Å². The van der Waals surface area contributed by atoms with Crippen LogP contribution in [0.15, 0.2) is 18.5 Å². The summed E-state index contributed by atoms with van der Waals surface area (Å²) < 4.78 is 0. The maximum atomic E-state index is 11.6. The number of fused-ring (bicyclic) bond motifs is 1. The monoisotopic (exact) mass is 189 g/mol. The maximum absolute atomic E-state index is 11.6. The van der Waals surface area contributed by atoms with Gasteiger partial charge in [0.25, 0.3) is 0 Å². The fraction of sp³-hybridized carbons (Fsp3) is 0.300. The van der Waals surface area contributed by atoms with Gasteiger partial charge < -0.3 is 4.98 Å². The van der Waals surface area contributed by atoms with Crippen LogP contribution in [-0.4, -0.2) is 20.7 Å². The average Bonchev–Trinajstić information content (AvgIpc) is 2.59. The lowest BCUT2D eigenvalue weighted by Crippen LogP contribution is -2.09. The van der Waals surface area contributed by atoms with Crippen LogP contribution < -0.4 is 0 Å². The van der Waals surface area contributed by atoms with Crippen LogP contribution in [0.3, 0.4) is 0 Å². The SMILES string of the molecule is CC(C)C(=O)c1nc2ccncc2[nH]1. The Kier molecular flexibility index (Phi) is 2.04. The van der Waals surface area contributed by atoms with Gasteiger partial charge in [0.2, 0.25) is 5.78 Å². The molecule has 0 saturated carbocycles. The molecule has 2 aromatic heterocycles. The number of hydrogen-bond donors (Lipinski definition) is 1. The summed E-state index contributed by atoms with van der Waals surface area (Å²) in [6.07, 6.45) is 3.33. The second-order valence-electron chi connectivity index (χ2n) is 3.50. The lowest BCUT2D eigenvalue weighted by atomic mass is 10.1. The smallest absolute Gasteiger partial charge is 0.200 e. The lowest BCUT2D eigenvalue weighted by Gasteiger charge is -1.97. The molecule has 4 nitrogen and oxygen atoms in total. The van der Waals surface area contributed by atoms with Gasteiger partial charge in [-0.05, 0) is 6.07 Å². The Bertz CT molecular complexity index is 440. The Labute approximate surface area is 81.4 Å². The summed E-state index contributed by atoms with van der Waals surface area (Å²) >= 11 is 0. The molecule has 2 rings (SSSR count). The number of nitrogens with zero attached hydrogens (tertiary/aromatic N) is 2. The molecular formula is C10H11N3O. The molecule has 2 heterocycles.